The number of thiazole rings is 1. The summed E-state index contributed by atoms with van der Waals surface area (Å²) in [6, 6.07) is 19.1. The predicted molar refractivity (Wildman–Crippen MR) is 167 cm³/mol. The second-order valence-electron chi connectivity index (χ2n) is 9.92. The number of fused-ring (bicyclic) bond motifs is 1. The summed E-state index contributed by atoms with van der Waals surface area (Å²) in [6.45, 7) is 6.43. The molecule has 8 nitrogen and oxygen atoms in total. The van der Waals surface area contributed by atoms with Gasteiger partial charge in [0.1, 0.15) is 22.2 Å². The highest BCUT2D eigenvalue weighted by Crippen LogP contribution is 2.36. The van der Waals surface area contributed by atoms with Gasteiger partial charge in [-0.2, -0.15) is 5.26 Å². The number of unbranched alkanes of at least 4 members (excludes halogenated alkanes) is 2. The second kappa shape index (κ2) is 14.5. The highest BCUT2D eigenvalue weighted by molar-refractivity contribution is 7.29. The average Bonchev–Trinajstić information content (AvgIpc) is 3.53. The van der Waals surface area contributed by atoms with Gasteiger partial charge in [0, 0.05) is 23.7 Å². The molecule has 4 aromatic rings. The molecule has 0 saturated heterocycles. The largest absolute Gasteiger partial charge is 0.508 e. The van der Waals surface area contributed by atoms with Gasteiger partial charge in [0.05, 0.1) is 10.4 Å². The van der Waals surface area contributed by atoms with Gasteiger partial charge in [-0.05, 0) is 86.2 Å². The zero-order valence-electron chi connectivity index (χ0n) is 23.2. The lowest BCUT2D eigenvalue weighted by Gasteiger charge is -2.26. The van der Waals surface area contributed by atoms with Gasteiger partial charge in [0.15, 0.2) is 0 Å². The Morgan fingerprint density at radius 1 is 1.10 bits per heavy atom. The molecule has 2 N–H and O–H groups in total. The van der Waals surface area contributed by atoms with Crippen LogP contribution >= 0.6 is 22.7 Å². The number of rotatable bonds is 14. The van der Waals surface area contributed by atoms with Crippen LogP contribution in [-0.4, -0.2) is 34.3 Å². The maximum Gasteiger partial charge on any atom is 0.346 e. The molecule has 0 radical (unpaired) electrons. The molecule has 212 valence electrons. The highest BCUT2D eigenvalue weighted by Gasteiger charge is 2.12. The maximum atomic E-state index is 11.1. The highest BCUT2D eigenvalue weighted by atomic mass is 32.1. The molecule has 10 heteroatoms. The number of phenols is 1. The first-order valence-electron chi connectivity index (χ1n) is 13.6. The third kappa shape index (κ3) is 8.71. The molecule has 0 aliphatic rings. The molecular weight excluding hydrogens is 555 g/mol. The van der Waals surface area contributed by atoms with Crippen molar-refractivity contribution >= 4 is 60.8 Å². The third-order valence-electron chi connectivity index (χ3n) is 6.71. The number of aryl methyl sites for hydroxylation is 1. The van der Waals surface area contributed by atoms with Crippen LogP contribution in [-0.2, 0) is 11.2 Å². The second-order valence-corrected chi connectivity index (χ2v) is 12.0. The van der Waals surface area contributed by atoms with E-state index in [1.807, 2.05) is 30.3 Å². The summed E-state index contributed by atoms with van der Waals surface area (Å²) in [5.74, 6) is -0.336. The van der Waals surface area contributed by atoms with Crippen LogP contribution in [0.1, 0.15) is 50.0 Å². The SMILES string of the molecule is CCN(CC(C)CCCCCc1ccc(O)cc1)c1ccc(/N=N/c2nc3sc(/C=C(\C#N)C(=O)O)cc3s2)cc1. The van der Waals surface area contributed by atoms with Crippen molar-refractivity contribution in [2.24, 2.45) is 16.1 Å². The molecule has 1 atom stereocenters. The molecule has 2 aromatic heterocycles. The number of carbonyl (C=O) groups is 1. The fourth-order valence-electron chi connectivity index (χ4n) is 4.52. The van der Waals surface area contributed by atoms with Gasteiger partial charge in [0.25, 0.3) is 0 Å². The number of aliphatic carboxylic acids is 1. The van der Waals surface area contributed by atoms with E-state index in [0.717, 1.165) is 34.7 Å². The van der Waals surface area contributed by atoms with Gasteiger partial charge in [-0.25, -0.2) is 9.78 Å². The monoisotopic (exact) mass is 587 g/mol. The molecule has 0 bridgehead atoms. The number of carboxylic acid groups (broad SMARTS) is 1. The van der Waals surface area contributed by atoms with Crippen LogP contribution in [0.3, 0.4) is 0 Å². The molecular formula is C31H33N5O3S2. The van der Waals surface area contributed by atoms with Crippen molar-refractivity contribution in [3.8, 4) is 11.8 Å². The zero-order chi connectivity index (χ0) is 29.2. The Morgan fingerprint density at radius 2 is 1.85 bits per heavy atom. The number of anilines is 1. The Kier molecular flexibility index (Phi) is 10.6. The number of hydrogen-bond donors (Lipinski definition) is 2. The Labute approximate surface area is 247 Å². The van der Waals surface area contributed by atoms with E-state index in [9.17, 15) is 9.90 Å². The summed E-state index contributed by atoms with van der Waals surface area (Å²) in [5, 5.41) is 36.5. The number of hydrogen-bond acceptors (Lipinski definition) is 9. The summed E-state index contributed by atoms with van der Waals surface area (Å²) >= 11 is 2.68. The molecule has 0 amide bonds. The van der Waals surface area contributed by atoms with E-state index in [-0.39, 0.29) is 5.57 Å². The van der Waals surface area contributed by atoms with Crippen molar-refractivity contribution < 1.29 is 15.0 Å². The van der Waals surface area contributed by atoms with Gasteiger partial charge < -0.3 is 15.1 Å². The summed E-state index contributed by atoms with van der Waals surface area (Å²) in [6.07, 6.45) is 7.19. The maximum absolute atomic E-state index is 11.1. The van der Waals surface area contributed by atoms with E-state index in [4.69, 9.17) is 10.4 Å². The van der Waals surface area contributed by atoms with E-state index < -0.39 is 5.97 Å². The molecule has 0 fully saturated rings. The van der Waals surface area contributed by atoms with Gasteiger partial charge >= 0.3 is 5.97 Å². The van der Waals surface area contributed by atoms with Crippen LogP contribution in [0, 0.1) is 17.2 Å². The first-order chi connectivity index (χ1) is 19.8. The first kappa shape index (κ1) is 29.9. The van der Waals surface area contributed by atoms with Crippen LogP contribution in [0.2, 0.25) is 0 Å². The smallest absolute Gasteiger partial charge is 0.346 e. The number of nitrogens with zero attached hydrogens (tertiary/aromatic N) is 5. The van der Waals surface area contributed by atoms with E-state index in [1.54, 1.807) is 18.2 Å². The van der Waals surface area contributed by atoms with E-state index in [2.05, 4.69) is 46.1 Å². The van der Waals surface area contributed by atoms with Crippen molar-refractivity contribution in [3.05, 3.63) is 70.6 Å². The molecule has 4 rings (SSSR count). The lowest BCUT2D eigenvalue weighted by molar-refractivity contribution is -0.132. The Hall–Kier alpha value is -4.07. The zero-order valence-corrected chi connectivity index (χ0v) is 24.8. The lowest BCUT2D eigenvalue weighted by Crippen LogP contribution is -2.28. The van der Waals surface area contributed by atoms with Gasteiger partial charge in [-0.15, -0.1) is 21.6 Å². The van der Waals surface area contributed by atoms with Gasteiger partial charge in [0.2, 0.25) is 5.13 Å². The van der Waals surface area contributed by atoms with Crippen molar-refractivity contribution in [2.75, 3.05) is 18.0 Å². The molecule has 1 unspecified atom stereocenters. The normalized spacial score (nSPS) is 12.6. The van der Waals surface area contributed by atoms with Crippen LogP contribution < -0.4 is 4.90 Å². The molecule has 0 aliphatic carbocycles. The Balaban J connectivity index is 1.25. The fourth-order valence-corrected chi connectivity index (χ4v) is 6.50. The molecule has 0 spiro atoms. The first-order valence-corrected chi connectivity index (χ1v) is 15.3. The predicted octanol–water partition coefficient (Wildman–Crippen LogP) is 8.74. The number of azo groups is 1. The van der Waals surface area contributed by atoms with Crippen molar-refractivity contribution in [1.29, 1.82) is 5.26 Å². The standard InChI is InChI=1S/C31H33N5O3S2/c1-3-36(20-21(2)7-5-4-6-8-22-9-15-26(37)16-10-22)25-13-11-24(12-14-25)34-35-31-33-29-28(41-31)18-27(40-29)17-23(19-32)30(38)39/h9-18,21,37H,3-8,20H2,1-2H3,(H,38,39)/b23-17+,35-34+. The summed E-state index contributed by atoms with van der Waals surface area (Å²) in [7, 11) is 0. The number of phenolic OH excluding ortho intramolecular Hbond substituents is 1. The molecule has 2 aromatic carbocycles. The summed E-state index contributed by atoms with van der Waals surface area (Å²) < 4.78 is 0.873. The number of carboxylic acids is 1. The van der Waals surface area contributed by atoms with Crippen molar-refractivity contribution in [1.82, 2.24) is 4.98 Å². The minimum atomic E-state index is -1.25. The molecule has 0 saturated carbocycles. The fraction of sp³-hybridized carbons (Fsp3) is 0.323. The molecule has 41 heavy (non-hydrogen) atoms. The molecule has 0 aliphatic heterocycles. The Morgan fingerprint density at radius 3 is 2.51 bits per heavy atom. The van der Waals surface area contributed by atoms with Crippen LogP contribution in [0.5, 0.6) is 5.75 Å². The number of nitriles is 1. The summed E-state index contributed by atoms with van der Waals surface area (Å²) in [5.41, 5.74) is 2.88. The minimum Gasteiger partial charge on any atom is -0.508 e. The quantitative estimate of drug-likeness (QED) is 0.0658. The van der Waals surface area contributed by atoms with E-state index >= 15 is 0 Å². The van der Waals surface area contributed by atoms with Crippen LogP contribution in [0.15, 0.2) is 70.4 Å². The van der Waals surface area contributed by atoms with Crippen LogP contribution in [0.25, 0.3) is 15.6 Å². The minimum absolute atomic E-state index is 0.309. The van der Waals surface area contributed by atoms with Gasteiger partial charge in [-0.1, -0.05) is 43.2 Å². The number of benzene rings is 2. The molecule has 2 heterocycles. The van der Waals surface area contributed by atoms with Crippen LogP contribution in [0.4, 0.5) is 16.5 Å². The summed E-state index contributed by atoms with van der Waals surface area (Å²) in [4.78, 5) is 19.3. The number of aromatic hydroxyl groups is 1. The third-order valence-corrected chi connectivity index (χ3v) is 8.70. The number of aromatic nitrogens is 1. The van der Waals surface area contributed by atoms with Crippen molar-refractivity contribution in [3.63, 3.8) is 0 Å². The van der Waals surface area contributed by atoms with Gasteiger partial charge in [-0.3, -0.25) is 0 Å². The van der Waals surface area contributed by atoms with Crippen molar-refractivity contribution in [2.45, 2.75) is 46.0 Å². The van der Waals surface area contributed by atoms with E-state index in [0.29, 0.717) is 21.7 Å². The topological polar surface area (TPSA) is 122 Å². The Bertz CT molecular complexity index is 1520. The average molecular weight is 588 g/mol. The lowest BCUT2D eigenvalue weighted by atomic mass is 10.00. The van der Waals surface area contributed by atoms with E-state index in [1.165, 1.54) is 65.7 Å². The number of thiophene rings is 1.